The number of amides is 1. The van der Waals surface area contributed by atoms with Crippen molar-refractivity contribution in [3.63, 3.8) is 0 Å². The van der Waals surface area contributed by atoms with Crippen LogP contribution in [0.4, 0.5) is 0 Å². The Kier molecular flexibility index (Phi) is 4.82. The Bertz CT molecular complexity index is 690. The molecule has 0 bridgehead atoms. The molecule has 1 aliphatic rings. The van der Waals surface area contributed by atoms with Gasteiger partial charge in [0.25, 0.3) is 0 Å². The van der Waals surface area contributed by atoms with E-state index in [2.05, 4.69) is 6.07 Å². The first-order valence-electron chi connectivity index (χ1n) is 8.15. The first-order valence-corrected chi connectivity index (χ1v) is 8.15. The zero-order valence-corrected chi connectivity index (χ0v) is 13.5. The molecule has 3 rings (SSSR count). The first kappa shape index (κ1) is 15.8. The number of likely N-dealkylation sites (tertiary alicyclic amines) is 1. The number of methoxy groups -OCH3 is 1. The number of benzene rings is 2. The van der Waals surface area contributed by atoms with Crippen molar-refractivity contribution in [3.05, 3.63) is 42.0 Å². The summed E-state index contributed by atoms with van der Waals surface area (Å²) in [5, 5.41) is 11.4. The lowest BCUT2D eigenvalue weighted by Gasteiger charge is -2.31. The molecule has 1 amide bonds. The predicted molar refractivity (Wildman–Crippen MR) is 90.6 cm³/mol. The summed E-state index contributed by atoms with van der Waals surface area (Å²) in [4.78, 5) is 14.5. The standard InChI is InChI=1S/C19H23NO3/c1-23-17-6-5-15-3-2-4-16(18(15)12-17)11-19(22)20-9-7-14(13-21)8-10-20/h2-6,12,14,21H,7-11,13H2,1H3. The van der Waals surface area contributed by atoms with Gasteiger partial charge in [0.05, 0.1) is 13.5 Å². The Morgan fingerprint density at radius 3 is 2.74 bits per heavy atom. The molecule has 1 heterocycles. The fourth-order valence-electron chi connectivity index (χ4n) is 3.24. The minimum absolute atomic E-state index is 0.164. The van der Waals surface area contributed by atoms with Crippen LogP contribution in [-0.2, 0) is 11.2 Å². The van der Waals surface area contributed by atoms with Gasteiger partial charge >= 0.3 is 0 Å². The number of hydrogen-bond acceptors (Lipinski definition) is 3. The molecule has 1 saturated heterocycles. The van der Waals surface area contributed by atoms with E-state index in [1.54, 1.807) is 7.11 Å². The number of hydrogen-bond donors (Lipinski definition) is 1. The molecule has 0 radical (unpaired) electrons. The molecule has 0 spiro atoms. The number of carbonyl (C=O) groups is 1. The second-order valence-corrected chi connectivity index (χ2v) is 6.19. The fraction of sp³-hybridized carbons (Fsp3) is 0.421. The maximum absolute atomic E-state index is 12.6. The van der Waals surface area contributed by atoms with Gasteiger partial charge in [-0.15, -0.1) is 0 Å². The van der Waals surface area contributed by atoms with E-state index < -0.39 is 0 Å². The number of carbonyl (C=O) groups excluding carboxylic acids is 1. The van der Waals surface area contributed by atoms with Crippen LogP contribution in [0.1, 0.15) is 18.4 Å². The monoisotopic (exact) mass is 313 g/mol. The molecule has 4 nitrogen and oxygen atoms in total. The smallest absolute Gasteiger partial charge is 0.227 e. The van der Waals surface area contributed by atoms with Crippen molar-refractivity contribution < 1.29 is 14.6 Å². The molecule has 4 heteroatoms. The van der Waals surface area contributed by atoms with Crippen LogP contribution in [0.25, 0.3) is 10.8 Å². The van der Waals surface area contributed by atoms with Crippen molar-refractivity contribution >= 4 is 16.7 Å². The Morgan fingerprint density at radius 1 is 1.26 bits per heavy atom. The third-order valence-electron chi connectivity index (χ3n) is 4.75. The lowest BCUT2D eigenvalue weighted by atomic mass is 9.96. The van der Waals surface area contributed by atoms with Gasteiger partial charge in [-0.05, 0) is 47.2 Å². The van der Waals surface area contributed by atoms with Crippen LogP contribution in [0.5, 0.6) is 5.75 Å². The lowest BCUT2D eigenvalue weighted by Crippen LogP contribution is -2.40. The van der Waals surface area contributed by atoms with Crippen molar-refractivity contribution in [1.29, 1.82) is 0 Å². The second-order valence-electron chi connectivity index (χ2n) is 6.19. The minimum atomic E-state index is 0.164. The van der Waals surface area contributed by atoms with E-state index in [4.69, 9.17) is 4.74 Å². The van der Waals surface area contributed by atoms with Gasteiger partial charge in [0.15, 0.2) is 0 Å². The number of piperidine rings is 1. The van der Waals surface area contributed by atoms with Gasteiger partial charge in [-0.3, -0.25) is 4.79 Å². The summed E-state index contributed by atoms with van der Waals surface area (Å²) in [6.07, 6.45) is 2.20. The highest BCUT2D eigenvalue weighted by Crippen LogP contribution is 2.25. The zero-order valence-electron chi connectivity index (χ0n) is 13.5. The number of ether oxygens (including phenoxy) is 1. The summed E-state index contributed by atoms with van der Waals surface area (Å²) < 4.78 is 5.30. The van der Waals surface area contributed by atoms with Crippen molar-refractivity contribution in [2.45, 2.75) is 19.3 Å². The molecule has 0 aromatic heterocycles. The summed E-state index contributed by atoms with van der Waals surface area (Å²) in [5.41, 5.74) is 1.04. The highest BCUT2D eigenvalue weighted by atomic mass is 16.5. The second kappa shape index (κ2) is 7.01. The molecule has 0 aliphatic carbocycles. The molecule has 0 atom stereocenters. The fourth-order valence-corrected chi connectivity index (χ4v) is 3.24. The van der Waals surface area contributed by atoms with Gasteiger partial charge < -0.3 is 14.7 Å². The summed E-state index contributed by atoms with van der Waals surface area (Å²) in [6.45, 7) is 1.72. The number of nitrogens with zero attached hydrogens (tertiary/aromatic N) is 1. The molecule has 0 unspecified atom stereocenters. The van der Waals surface area contributed by atoms with Gasteiger partial charge in [-0.1, -0.05) is 24.3 Å². The predicted octanol–water partition coefficient (Wildman–Crippen LogP) is 2.62. The van der Waals surface area contributed by atoms with E-state index in [9.17, 15) is 9.90 Å². The Morgan fingerprint density at radius 2 is 2.04 bits per heavy atom. The van der Waals surface area contributed by atoms with E-state index in [1.807, 2.05) is 35.2 Å². The van der Waals surface area contributed by atoms with Crippen LogP contribution in [-0.4, -0.2) is 42.7 Å². The average Bonchev–Trinajstić information content (AvgIpc) is 2.61. The van der Waals surface area contributed by atoms with Crippen LogP contribution < -0.4 is 4.74 Å². The number of rotatable bonds is 4. The normalized spacial score (nSPS) is 15.8. The quantitative estimate of drug-likeness (QED) is 0.944. The first-order chi connectivity index (χ1) is 11.2. The van der Waals surface area contributed by atoms with E-state index >= 15 is 0 Å². The van der Waals surface area contributed by atoms with Crippen LogP contribution >= 0.6 is 0 Å². The molecular formula is C19H23NO3. The third-order valence-corrected chi connectivity index (χ3v) is 4.75. The van der Waals surface area contributed by atoms with Gasteiger partial charge in [0.2, 0.25) is 5.91 Å². The Balaban J connectivity index is 1.77. The van der Waals surface area contributed by atoms with Gasteiger partial charge in [-0.25, -0.2) is 0 Å². The summed E-state index contributed by atoms with van der Waals surface area (Å²) in [7, 11) is 1.65. The van der Waals surface area contributed by atoms with E-state index in [-0.39, 0.29) is 12.5 Å². The topological polar surface area (TPSA) is 49.8 Å². The van der Waals surface area contributed by atoms with Crippen molar-refractivity contribution in [2.75, 3.05) is 26.8 Å². The summed E-state index contributed by atoms with van der Waals surface area (Å²) in [5.74, 6) is 1.32. The van der Waals surface area contributed by atoms with Crippen LogP contribution in [0.2, 0.25) is 0 Å². The third kappa shape index (κ3) is 3.48. The molecule has 23 heavy (non-hydrogen) atoms. The van der Waals surface area contributed by atoms with Crippen molar-refractivity contribution in [2.24, 2.45) is 5.92 Å². The summed E-state index contributed by atoms with van der Waals surface area (Å²) in [6, 6.07) is 12.0. The highest BCUT2D eigenvalue weighted by molar-refractivity contribution is 5.91. The molecule has 2 aromatic rings. The molecule has 1 aliphatic heterocycles. The van der Waals surface area contributed by atoms with E-state index in [1.165, 1.54) is 0 Å². The van der Waals surface area contributed by atoms with Crippen LogP contribution in [0.15, 0.2) is 36.4 Å². The van der Waals surface area contributed by atoms with Gasteiger partial charge in [0.1, 0.15) is 5.75 Å². The van der Waals surface area contributed by atoms with Gasteiger partial charge in [-0.2, -0.15) is 0 Å². The molecular weight excluding hydrogens is 290 g/mol. The molecule has 122 valence electrons. The van der Waals surface area contributed by atoms with Crippen LogP contribution in [0, 0.1) is 5.92 Å². The number of aliphatic hydroxyl groups is 1. The number of fused-ring (bicyclic) bond motifs is 1. The maximum atomic E-state index is 12.6. The average molecular weight is 313 g/mol. The molecule has 2 aromatic carbocycles. The van der Waals surface area contributed by atoms with Gasteiger partial charge in [0, 0.05) is 19.7 Å². The Hall–Kier alpha value is -2.07. The minimum Gasteiger partial charge on any atom is -0.497 e. The SMILES string of the molecule is COc1ccc2cccc(CC(=O)N3CCC(CO)CC3)c2c1. The molecule has 0 saturated carbocycles. The van der Waals surface area contributed by atoms with Crippen LogP contribution in [0.3, 0.4) is 0 Å². The van der Waals surface area contributed by atoms with Crippen molar-refractivity contribution in [1.82, 2.24) is 4.90 Å². The largest absolute Gasteiger partial charge is 0.497 e. The zero-order chi connectivity index (χ0) is 16.2. The Labute approximate surface area is 136 Å². The van der Waals surface area contributed by atoms with Crippen molar-refractivity contribution in [3.8, 4) is 5.75 Å². The highest BCUT2D eigenvalue weighted by Gasteiger charge is 2.22. The van der Waals surface area contributed by atoms with E-state index in [0.29, 0.717) is 12.3 Å². The van der Waals surface area contributed by atoms with E-state index in [0.717, 1.165) is 48.0 Å². The molecule has 1 N–H and O–H groups in total. The maximum Gasteiger partial charge on any atom is 0.227 e. The summed E-state index contributed by atoms with van der Waals surface area (Å²) >= 11 is 0. The number of aliphatic hydroxyl groups excluding tert-OH is 1. The molecule has 1 fully saturated rings. The lowest BCUT2D eigenvalue weighted by molar-refractivity contribution is -0.132.